The number of aliphatic carboxylic acids is 1. The fourth-order valence-electron chi connectivity index (χ4n) is 2.43. The van der Waals surface area contributed by atoms with Gasteiger partial charge in [-0.2, -0.15) is 4.31 Å². The molecule has 0 amide bonds. The molecule has 0 saturated carbocycles. The Bertz CT molecular complexity index is 831. The second-order valence-corrected chi connectivity index (χ2v) is 7.68. The lowest BCUT2D eigenvalue weighted by molar-refractivity contribution is -0.141. The van der Waals surface area contributed by atoms with Crippen LogP contribution in [0.25, 0.3) is 0 Å². The first kappa shape index (κ1) is 18.2. The minimum Gasteiger partial charge on any atom is -0.480 e. The number of aryl methyl sites for hydroxylation is 2. The van der Waals surface area contributed by atoms with E-state index in [-0.39, 0.29) is 11.4 Å². The lowest BCUT2D eigenvalue weighted by Gasteiger charge is -2.26. The highest BCUT2D eigenvalue weighted by molar-refractivity contribution is 7.89. The number of nitrogens with zero attached hydrogens (tertiary/aromatic N) is 1. The molecule has 24 heavy (non-hydrogen) atoms. The maximum absolute atomic E-state index is 13.1. The molecule has 2 rings (SSSR count). The summed E-state index contributed by atoms with van der Waals surface area (Å²) >= 11 is 0. The van der Waals surface area contributed by atoms with Crippen LogP contribution < -0.4 is 0 Å². The van der Waals surface area contributed by atoms with Gasteiger partial charge in [-0.15, -0.1) is 0 Å². The van der Waals surface area contributed by atoms with E-state index in [1.807, 2.05) is 12.1 Å². The van der Waals surface area contributed by atoms with E-state index in [4.69, 9.17) is 0 Å². The molecular formula is C18H21NO4S. The van der Waals surface area contributed by atoms with Crippen molar-refractivity contribution in [3.05, 3.63) is 65.2 Å². The predicted octanol–water partition coefficient (Wildman–Crippen LogP) is 2.97. The van der Waals surface area contributed by atoms with Crippen molar-refractivity contribution in [1.29, 1.82) is 0 Å². The molecule has 0 aliphatic carbocycles. The molecule has 0 aliphatic heterocycles. The summed E-state index contributed by atoms with van der Waals surface area (Å²) in [6.07, 6.45) is 0. The number of sulfonamides is 1. The molecule has 1 N–H and O–H groups in total. The van der Waals surface area contributed by atoms with Gasteiger partial charge in [0.05, 0.1) is 4.90 Å². The van der Waals surface area contributed by atoms with Crippen molar-refractivity contribution in [2.75, 3.05) is 0 Å². The Morgan fingerprint density at radius 1 is 1.12 bits per heavy atom. The van der Waals surface area contributed by atoms with E-state index in [9.17, 15) is 18.3 Å². The Hall–Kier alpha value is -2.18. The van der Waals surface area contributed by atoms with Crippen molar-refractivity contribution in [1.82, 2.24) is 4.31 Å². The maximum atomic E-state index is 13.1. The van der Waals surface area contributed by atoms with Crippen LogP contribution in [-0.4, -0.2) is 29.8 Å². The van der Waals surface area contributed by atoms with Gasteiger partial charge >= 0.3 is 5.97 Å². The third-order valence-electron chi connectivity index (χ3n) is 3.90. The minimum atomic E-state index is -3.94. The van der Waals surface area contributed by atoms with Crippen LogP contribution in [0.15, 0.2) is 53.4 Å². The largest absolute Gasteiger partial charge is 0.480 e. The molecule has 0 aliphatic rings. The lowest BCUT2D eigenvalue weighted by Crippen LogP contribution is -2.42. The minimum absolute atomic E-state index is 0.00399. The fourth-order valence-corrected chi connectivity index (χ4v) is 4.32. The molecule has 2 aromatic rings. The van der Waals surface area contributed by atoms with Gasteiger partial charge in [0.1, 0.15) is 6.04 Å². The summed E-state index contributed by atoms with van der Waals surface area (Å²) in [5.41, 5.74) is 2.14. The van der Waals surface area contributed by atoms with Crippen LogP contribution in [0, 0.1) is 13.8 Å². The van der Waals surface area contributed by atoms with Crippen molar-refractivity contribution in [2.45, 2.75) is 38.3 Å². The normalized spacial score (nSPS) is 13.0. The van der Waals surface area contributed by atoms with Gasteiger partial charge in [0, 0.05) is 6.54 Å². The highest BCUT2D eigenvalue weighted by atomic mass is 32.2. The zero-order valence-electron chi connectivity index (χ0n) is 13.9. The number of carboxylic acid groups (broad SMARTS) is 1. The highest BCUT2D eigenvalue weighted by Gasteiger charge is 2.34. The van der Waals surface area contributed by atoms with Crippen molar-refractivity contribution in [2.24, 2.45) is 0 Å². The zero-order valence-corrected chi connectivity index (χ0v) is 14.7. The molecule has 0 heterocycles. The summed E-state index contributed by atoms with van der Waals surface area (Å²) in [6.45, 7) is 4.90. The molecule has 0 spiro atoms. The molecular weight excluding hydrogens is 326 g/mol. The van der Waals surface area contributed by atoms with Gasteiger partial charge in [0.25, 0.3) is 0 Å². The monoisotopic (exact) mass is 347 g/mol. The van der Waals surface area contributed by atoms with Crippen LogP contribution in [0.2, 0.25) is 0 Å². The van der Waals surface area contributed by atoms with E-state index in [2.05, 4.69) is 0 Å². The van der Waals surface area contributed by atoms with Crippen molar-refractivity contribution >= 4 is 16.0 Å². The molecule has 2 aromatic carbocycles. The molecule has 1 atom stereocenters. The molecule has 5 nitrogen and oxygen atoms in total. The summed E-state index contributed by atoms with van der Waals surface area (Å²) in [7, 11) is -3.94. The number of carbonyl (C=O) groups is 1. The molecule has 6 heteroatoms. The van der Waals surface area contributed by atoms with E-state index in [0.29, 0.717) is 5.56 Å². The second-order valence-electron chi connectivity index (χ2n) is 5.82. The number of hydrogen-bond acceptors (Lipinski definition) is 3. The summed E-state index contributed by atoms with van der Waals surface area (Å²) in [5, 5.41) is 9.36. The van der Waals surface area contributed by atoms with Crippen LogP contribution in [0.3, 0.4) is 0 Å². The number of hydrogen-bond donors (Lipinski definition) is 1. The van der Waals surface area contributed by atoms with Crippen LogP contribution >= 0.6 is 0 Å². The number of rotatable bonds is 6. The molecule has 0 bridgehead atoms. The maximum Gasteiger partial charge on any atom is 0.321 e. The summed E-state index contributed by atoms with van der Waals surface area (Å²) in [4.78, 5) is 11.6. The van der Waals surface area contributed by atoms with E-state index >= 15 is 0 Å². The number of benzene rings is 2. The average molecular weight is 347 g/mol. The highest BCUT2D eigenvalue weighted by Crippen LogP contribution is 2.25. The van der Waals surface area contributed by atoms with Gasteiger partial charge in [0.15, 0.2) is 0 Å². The van der Waals surface area contributed by atoms with Crippen molar-refractivity contribution < 1.29 is 18.3 Å². The molecule has 1 unspecified atom stereocenters. The topological polar surface area (TPSA) is 74.7 Å². The third kappa shape index (κ3) is 3.83. The molecule has 0 aromatic heterocycles. The van der Waals surface area contributed by atoms with E-state index in [1.165, 1.54) is 6.92 Å². The van der Waals surface area contributed by atoms with Crippen LogP contribution in [0.1, 0.15) is 23.6 Å². The summed E-state index contributed by atoms with van der Waals surface area (Å²) in [5.74, 6) is -1.18. The summed E-state index contributed by atoms with van der Waals surface area (Å²) in [6, 6.07) is 12.9. The SMILES string of the molecule is Cc1ccc(C)c(S(=O)(=O)N(Cc2ccccc2)C(C)C(=O)O)c1. The van der Waals surface area contributed by atoms with Crippen LogP contribution in [-0.2, 0) is 21.4 Å². The smallest absolute Gasteiger partial charge is 0.321 e. The Morgan fingerprint density at radius 2 is 1.75 bits per heavy atom. The molecule has 0 radical (unpaired) electrons. The first-order chi connectivity index (χ1) is 11.2. The van der Waals surface area contributed by atoms with E-state index in [1.54, 1.807) is 50.2 Å². The first-order valence-electron chi connectivity index (χ1n) is 7.59. The summed E-state index contributed by atoms with van der Waals surface area (Å²) < 4.78 is 27.3. The number of carboxylic acids is 1. The van der Waals surface area contributed by atoms with Gasteiger partial charge in [-0.1, -0.05) is 42.5 Å². The molecule has 0 saturated heterocycles. The van der Waals surface area contributed by atoms with E-state index < -0.39 is 22.0 Å². The Kier molecular flexibility index (Phi) is 5.41. The zero-order chi connectivity index (χ0) is 17.9. The van der Waals surface area contributed by atoms with Gasteiger partial charge in [-0.05, 0) is 43.5 Å². The van der Waals surface area contributed by atoms with Crippen molar-refractivity contribution in [3.8, 4) is 0 Å². The van der Waals surface area contributed by atoms with E-state index in [0.717, 1.165) is 15.4 Å². The van der Waals surface area contributed by atoms with Crippen LogP contribution in [0.5, 0.6) is 0 Å². The van der Waals surface area contributed by atoms with Crippen LogP contribution in [0.4, 0.5) is 0 Å². The fraction of sp³-hybridized carbons (Fsp3) is 0.278. The Morgan fingerprint density at radius 3 is 2.33 bits per heavy atom. The molecule has 128 valence electrons. The first-order valence-corrected chi connectivity index (χ1v) is 9.03. The van der Waals surface area contributed by atoms with Gasteiger partial charge < -0.3 is 5.11 Å². The quantitative estimate of drug-likeness (QED) is 0.872. The van der Waals surface area contributed by atoms with Gasteiger partial charge in [0.2, 0.25) is 10.0 Å². The Labute approximate surface area is 142 Å². The van der Waals surface area contributed by atoms with Crippen molar-refractivity contribution in [3.63, 3.8) is 0 Å². The lowest BCUT2D eigenvalue weighted by atomic mass is 10.2. The average Bonchev–Trinajstić information content (AvgIpc) is 2.54. The second kappa shape index (κ2) is 7.15. The Balaban J connectivity index is 2.53. The third-order valence-corrected chi connectivity index (χ3v) is 5.96. The predicted molar refractivity (Wildman–Crippen MR) is 92.2 cm³/mol. The van der Waals surface area contributed by atoms with Gasteiger partial charge in [-0.3, -0.25) is 4.79 Å². The standard InChI is InChI=1S/C18H21NO4S/c1-13-9-10-14(2)17(11-13)24(22,23)19(15(3)18(20)21)12-16-7-5-4-6-8-16/h4-11,15H,12H2,1-3H3,(H,20,21). The molecule has 0 fully saturated rings. The van der Waals surface area contributed by atoms with Gasteiger partial charge in [-0.25, -0.2) is 8.42 Å².